The number of benzene rings is 2. The van der Waals surface area contributed by atoms with Gasteiger partial charge in [0.05, 0.1) is 12.1 Å². The van der Waals surface area contributed by atoms with Crippen LogP contribution in [0.3, 0.4) is 0 Å². The summed E-state index contributed by atoms with van der Waals surface area (Å²) >= 11 is 0. The third-order valence-electron chi connectivity index (χ3n) is 7.48. The Labute approximate surface area is 204 Å². The molecule has 184 valence electrons. The Morgan fingerprint density at radius 1 is 1.11 bits per heavy atom. The van der Waals surface area contributed by atoms with E-state index < -0.39 is 24.1 Å². The van der Waals surface area contributed by atoms with E-state index in [-0.39, 0.29) is 37.0 Å². The lowest BCUT2D eigenvalue weighted by Crippen LogP contribution is -2.48. The molecule has 0 aromatic heterocycles. The van der Waals surface area contributed by atoms with E-state index in [4.69, 9.17) is 9.47 Å². The first-order valence-electron chi connectivity index (χ1n) is 12.2. The van der Waals surface area contributed by atoms with E-state index in [1.807, 2.05) is 31.2 Å². The van der Waals surface area contributed by atoms with E-state index in [2.05, 4.69) is 29.6 Å². The van der Waals surface area contributed by atoms with Crippen molar-refractivity contribution in [3.8, 4) is 11.1 Å². The number of carboxylic acid groups (broad SMARTS) is 1. The minimum atomic E-state index is -1.02. The van der Waals surface area contributed by atoms with Crippen LogP contribution in [0.15, 0.2) is 48.5 Å². The number of carbonyl (C=O) groups excluding carboxylic acids is 2. The molecule has 1 aliphatic carbocycles. The van der Waals surface area contributed by atoms with Crippen LogP contribution in [0, 0.1) is 0 Å². The fourth-order valence-corrected chi connectivity index (χ4v) is 5.74. The third kappa shape index (κ3) is 4.38. The summed E-state index contributed by atoms with van der Waals surface area (Å²) in [6.07, 6.45) is 0.680. The summed E-state index contributed by atoms with van der Waals surface area (Å²) in [5.74, 6) is -1.34. The van der Waals surface area contributed by atoms with Gasteiger partial charge >= 0.3 is 12.1 Å². The number of fused-ring (bicyclic) bond motifs is 4. The monoisotopic (exact) mass is 478 g/mol. The van der Waals surface area contributed by atoms with Crippen LogP contribution in [0.25, 0.3) is 11.1 Å². The highest BCUT2D eigenvalue weighted by atomic mass is 16.5. The molecule has 2 N–H and O–H groups in total. The summed E-state index contributed by atoms with van der Waals surface area (Å²) in [6.45, 7) is 2.60. The van der Waals surface area contributed by atoms with Gasteiger partial charge in [-0.25, -0.2) is 9.59 Å². The lowest BCUT2D eigenvalue weighted by molar-refractivity contribution is -0.149. The van der Waals surface area contributed by atoms with E-state index >= 15 is 0 Å². The second kappa shape index (κ2) is 9.70. The number of hydrogen-bond acceptors (Lipinski definition) is 5. The van der Waals surface area contributed by atoms with Crippen LogP contribution in [-0.4, -0.2) is 65.4 Å². The van der Waals surface area contributed by atoms with Crippen LogP contribution in [0.5, 0.6) is 0 Å². The second-order valence-corrected chi connectivity index (χ2v) is 9.44. The van der Waals surface area contributed by atoms with Gasteiger partial charge in [-0.1, -0.05) is 55.5 Å². The molecule has 0 saturated carbocycles. The van der Waals surface area contributed by atoms with Crippen LogP contribution >= 0.6 is 0 Å². The average Bonchev–Trinajstić information content (AvgIpc) is 3.54. The van der Waals surface area contributed by atoms with Gasteiger partial charge in [0.1, 0.15) is 12.6 Å². The maximum atomic E-state index is 13.1. The summed E-state index contributed by atoms with van der Waals surface area (Å²) < 4.78 is 11.2. The summed E-state index contributed by atoms with van der Waals surface area (Å²) in [5.41, 5.74) is 4.57. The summed E-state index contributed by atoms with van der Waals surface area (Å²) in [5, 5.41) is 12.4. The number of ether oxygens (including phenoxy) is 2. The number of nitrogens with zero attached hydrogens (tertiary/aromatic N) is 1. The van der Waals surface area contributed by atoms with Gasteiger partial charge in [0.15, 0.2) is 0 Å². The number of nitrogens with one attached hydrogen (secondary N) is 1. The van der Waals surface area contributed by atoms with E-state index in [0.717, 1.165) is 22.3 Å². The minimum absolute atomic E-state index is 0.0215. The minimum Gasteiger partial charge on any atom is -0.480 e. The SMILES string of the molecule is CC[C@H](CC(=O)N1C(C(=O)O)C[C@@H]2OCC[C@@H]21)NC(=O)OCC1c2ccccc2-c2ccccc21. The van der Waals surface area contributed by atoms with Crippen LogP contribution in [0.4, 0.5) is 4.79 Å². The van der Waals surface area contributed by atoms with Crippen molar-refractivity contribution in [2.45, 2.75) is 62.8 Å². The lowest BCUT2D eigenvalue weighted by atomic mass is 9.98. The third-order valence-corrected chi connectivity index (χ3v) is 7.48. The molecule has 3 aliphatic rings. The van der Waals surface area contributed by atoms with Gasteiger partial charge < -0.3 is 24.8 Å². The van der Waals surface area contributed by atoms with Crippen molar-refractivity contribution in [3.05, 3.63) is 59.7 Å². The van der Waals surface area contributed by atoms with Gasteiger partial charge in [-0.15, -0.1) is 0 Å². The van der Waals surface area contributed by atoms with E-state index in [1.165, 1.54) is 4.90 Å². The first-order valence-corrected chi connectivity index (χ1v) is 12.2. The fourth-order valence-electron chi connectivity index (χ4n) is 5.74. The second-order valence-electron chi connectivity index (χ2n) is 9.44. The Hall–Kier alpha value is -3.39. The summed E-state index contributed by atoms with van der Waals surface area (Å²) in [6, 6.07) is 14.7. The average molecular weight is 479 g/mol. The molecule has 35 heavy (non-hydrogen) atoms. The first kappa shape index (κ1) is 23.4. The Bertz CT molecular complexity index is 1090. The number of alkyl carbamates (subject to hydrolysis) is 1. The molecule has 2 aliphatic heterocycles. The molecule has 5 rings (SSSR count). The number of aliphatic carboxylic acids is 1. The Morgan fingerprint density at radius 2 is 1.77 bits per heavy atom. The normalized spacial score (nSPS) is 23.3. The Morgan fingerprint density at radius 3 is 2.40 bits per heavy atom. The zero-order valence-corrected chi connectivity index (χ0v) is 19.7. The molecule has 8 heteroatoms. The number of carboxylic acids is 1. The van der Waals surface area contributed by atoms with E-state index in [9.17, 15) is 19.5 Å². The smallest absolute Gasteiger partial charge is 0.407 e. The van der Waals surface area contributed by atoms with E-state index in [1.54, 1.807) is 0 Å². The Kier molecular flexibility index (Phi) is 6.47. The molecule has 0 bridgehead atoms. The first-order chi connectivity index (χ1) is 17.0. The van der Waals surface area contributed by atoms with Crippen molar-refractivity contribution < 1.29 is 29.0 Å². The largest absolute Gasteiger partial charge is 0.480 e. The highest BCUT2D eigenvalue weighted by molar-refractivity contribution is 5.85. The van der Waals surface area contributed by atoms with Gasteiger partial charge in [0.2, 0.25) is 5.91 Å². The predicted octanol–water partition coefficient (Wildman–Crippen LogP) is 3.54. The van der Waals surface area contributed by atoms with Crippen molar-refractivity contribution in [2.24, 2.45) is 0 Å². The molecular formula is C27H30N2O6. The van der Waals surface area contributed by atoms with Crippen molar-refractivity contribution in [3.63, 3.8) is 0 Å². The summed E-state index contributed by atoms with van der Waals surface area (Å²) in [4.78, 5) is 39.0. The molecule has 0 radical (unpaired) electrons. The zero-order chi connectivity index (χ0) is 24.5. The molecular weight excluding hydrogens is 448 g/mol. The van der Waals surface area contributed by atoms with Gasteiger partial charge in [0.25, 0.3) is 0 Å². The Balaban J connectivity index is 1.20. The fraction of sp³-hybridized carbons (Fsp3) is 0.444. The molecule has 1 unspecified atom stereocenters. The molecule has 2 heterocycles. The van der Waals surface area contributed by atoms with Crippen LogP contribution in [0.2, 0.25) is 0 Å². The number of carbonyl (C=O) groups is 3. The number of likely N-dealkylation sites (tertiary alicyclic amines) is 1. The number of rotatable bonds is 7. The quantitative estimate of drug-likeness (QED) is 0.631. The topological polar surface area (TPSA) is 105 Å². The highest BCUT2D eigenvalue weighted by Gasteiger charge is 2.49. The van der Waals surface area contributed by atoms with E-state index in [0.29, 0.717) is 25.9 Å². The van der Waals surface area contributed by atoms with Gasteiger partial charge in [-0.05, 0) is 35.1 Å². The highest BCUT2D eigenvalue weighted by Crippen LogP contribution is 2.44. The standard InChI is InChI=1S/C27H30N2O6/c1-2-16(13-25(30)29-22-11-12-34-24(22)14-23(29)26(31)32)28-27(33)35-15-21-19-9-5-3-7-17(19)18-8-4-6-10-20(18)21/h3-10,16,21-24H,2,11-15H2,1H3,(H,28,33)(H,31,32)/t16-,22+,23?,24+/m1/s1. The maximum absolute atomic E-state index is 13.1. The van der Waals surface area contributed by atoms with Crippen molar-refractivity contribution >= 4 is 18.0 Å². The molecule has 0 spiro atoms. The van der Waals surface area contributed by atoms with Crippen molar-refractivity contribution in [1.29, 1.82) is 0 Å². The number of hydrogen-bond donors (Lipinski definition) is 2. The van der Waals surface area contributed by atoms with Gasteiger partial charge in [-0.3, -0.25) is 4.79 Å². The van der Waals surface area contributed by atoms with Crippen molar-refractivity contribution in [1.82, 2.24) is 10.2 Å². The summed E-state index contributed by atoms with van der Waals surface area (Å²) in [7, 11) is 0. The molecule has 4 atom stereocenters. The molecule has 2 aromatic carbocycles. The van der Waals surface area contributed by atoms with Crippen molar-refractivity contribution in [2.75, 3.05) is 13.2 Å². The predicted molar refractivity (Wildman–Crippen MR) is 128 cm³/mol. The molecule has 2 fully saturated rings. The van der Waals surface area contributed by atoms with Gasteiger partial charge in [-0.2, -0.15) is 0 Å². The molecule has 8 nitrogen and oxygen atoms in total. The van der Waals surface area contributed by atoms with Gasteiger partial charge in [0, 0.05) is 31.4 Å². The molecule has 2 amide bonds. The van der Waals surface area contributed by atoms with Crippen LogP contribution in [0.1, 0.15) is 49.7 Å². The lowest BCUT2D eigenvalue weighted by Gasteiger charge is -2.28. The molecule has 2 aromatic rings. The zero-order valence-electron chi connectivity index (χ0n) is 19.7. The van der Waals surface area contributed by atoms with Crippen LogP contribution in [-0.2, 0) is 19.1 Å². The van der Waals surface area contributed by atoms with Crippen LogP contribution < -0.4 is 5.32 Å². The maximum Gasteiger partial charge on any atom is 0.407 e. The molecule has 2 saturated heterocycles. The number of amides is 2.